The van der Waals surface area contributed by atoms with Crippen LogP contribution in [0.3, 0.4) is 0 Å². The number of carbonyl (C=O) groups excluding carboxylic acids is 1. The van der Waals surface area contributed by atoms with Gasteiger partial charge < -0.3 is 11.1 Å². The van der Waals surface area contributed by atoms with Crippen molar-refractivity contribution in [2.24, 2.45) is 0 Å². The topological polar surface area (TPSA) is 55.1 Å². The van der Waals surface area contributed by atoms with Crippen molar-refractivity contribution >= 4 is 17.3 Å². The van der Waals surface area contributed by atoms with E-state index in [0.717, 1.165) is 18.4 Å². The SMILES string of the molecule is CCCCC(=O)Nc1ccc(C)cc1N. The summed E-state index contributed by atoms with van der Waals surface area (Å²) in [5.74, 6) is 0.0346. The third-order valence-electron chi connectivity index (χ3n) is 2.24. The average Bonchev–Trinajstić information content (AvgIpc) is 2.19. The van der Waals surface area contributed by atoms with Crippen molar-refractivity contribution < 1.29 is 4.79 Å². The van der Waals surface area contributed by atoms with Gasteiger partial charge in [-0.1, -0.05) is 19.4 Å². The maximum Gasteiger partial charge on any atom is 0.224 e. The zero-order chi connectivity index (χ0) is 11.3. The van der Waals surface area contributed by atoms with E-state index in [4.69, 9.17) is 5.73 Å². The van der Waals surface area contributed by atoms with Gasteiger partial charge >= 0.3 is 0 Å². The molecule has 82 valence electrons. The molecule has 0 heterocycles. The smallest absolute Gasteiger partial charge is 0.224 e. The van der Waals surface area contributed by atoms with Gasteiger partial charge in [0.2, 0.25) is 5.91 Å². The van der Waals surface area contributed by atoms with Crippen LogP contribution in [0, 0.1) is 6.92 Å². The van der Waals surface area contributed by atoms with Crippen molar-refractivity contribution in [2.75, 3.05) is 11.1 Å². The van der Waals surface area contributed by atoms with E-state index < -0.39 is 0 Å². The molecule has 0 radical (unpaired) electrons. The summed E-state index contributed by atoms with van der Waals surface area (Å²) in [6, 6.07) is 5.63. The maximum atomic E-state index is 11.4. The van der Waals surface area contributed by atoms with Crippen LogP contribution in [0.4, 0.5) is 11.4 Å². The van der Waals surface area contributed by atoms with E-state index in [1.165, 1.54) is 0 Å². The summed E-state index contributed by atoms with van der Waals surface area (Å²) in [4.78, 5) is 11.4. The van der Waals surface area contributed by atoms with Gasteiger partial charge in [0, 0.05) is 6.42 Å². The molecule has 0 aliphatic heterocycles. The zero-order valence-electron chi connectivity index (χ0n) is 9.34. The molecule has 15 heavy (non-hydrogen) atoms. The van der Waals surface area contributed by atoms with E-state index in [9.17, 15) is 4.79 Å². The molecule has 0 aliphatic carbocycles. The number of nitrogen functional groups attached to an aromatic ring is 1. The number of carbonyl (C=O) groups is 1. The summed E-state index contributed by atoms with van der Waals surface area (Å²) in [6.45, 7) is 4.03. The van der Waals surface area contributed by atoms with Crippen LogP contribution >= 0.6 is 0 Å². The summed E-state index contributed by atoms with van der Waals surface area (Å²) in [5, 5.41) is 2.81. The number of aryl methyl sites for hydroxylation is 1. The Labute approximate surface area is 90.7 Å². The van der Waals surface area contributed by atoms with Gasteiger partial charge in [-0.2, -0.15) is 0 Å². The van der Waals surface area contributed by atoms with Gasteiger partial charge in [-0.25, -0.2) is 0 Å². The van der Waals surface area contributed by atoms with Crippen LogP contribution in [-0.2, 0) is 4.79 Å². The molecule has 1 aromatic carbocycles. The van der Waals surface area contributed by atoms with Gasteiger partial charge in [0.05, 0.1) is 11.4 Å². The van der Waals surface area contributed by atoms with Crippen LogP contribution in [0.1, 0.15) is 31.7 Å². The fourth-order valence-electron chi connectivity index (χ4n) is 1.35. The Kier molecular flexibility index (Phi) is 4.16. The maximum absolute atomic E-state index is 11.4. The van der Waals surface area contributed by atoms with Crippen LogP contribution in [-0.4, -0.2) is 5.91 Å². The number of benzene rings is 1. The van der Waals surface area contributed by atoms with Crippen molar-refractivity contribution in [1.29, 1.82) is 0 Å². The molecule has 0 aromatic heterocycles. The Morgan fingerprint density at radius 3 is 2.80 bits per heavy atom. The van der Waals surface area contributed by atoms with Crippen molar-refractivity contribution in [2.45, 2.75) is 33.1 Å². The molecule has 1 aromatic rings. The molecule has 1 amide bonds. The molecule has 0 fully saturated rings. The second kappa shape index (κ2) is 5.39. The lowest BCUT2D eigenvalue weighted by Gasteiger charge is -2.08. The highest BCUT2D eigenvalue weighted by atomic mass is 16.1. The predicted molar refractivity (Wildman–Crippen MR) is 63.7 cm³/mol. The van der Waals surface area contributed by atoms with Gasteiger partial charge in [0.1, 0.15) is 0 Å². The minimum Gasteiger partial charge on any atom is -0.397 e. The Morgan fingerprint density at radius 2 is 2.20 bits per heavy atom. The first kappa shape index (κ1) is 11.6. The summed E-state index contributed by atoms with van der Waals surface area (Å²) in [7, 11) is 0. The minimum atomic E-state index is 0.0346. The summed E-state index contributed by atoms with van der Waals surface area (Å²) >= 11 is 0. The van der Waals surface area contributed by atoms with E-state index >= 15 is 0 Å². The number of unbranched alkanes of at least 4 members (excludes halogenated alkanes) is 1. The number of hydrogen-bond donors (Lipinski definition) is 2. The highest BCUT2D eigenvalue weighted by molar-refractivity contribution is 5.93. The number of anilines is 2. The second-order valence-corrected chi connectivity index (χ2v) is 3.74. The number of rotatable bonds is 4. The van der Waals surface area contributed by atoms with E-state index in [0.29, 0.717) is 17.8 Å². The summed E-state index contributed by atoms with van der Waals surface area (Å²) < 4.78 is 0. The summed E-state index contributed by atoms with van der Waals surface area (Å²) in [6.07, 6.45) is 2.50. The Morgan fingerprint density at radius 1 is 1.47 bits per heavy atom. The number of hydrogen-bond acceptors (Lipinski definition) is 2. The standard InChI is InChI=1S/C12H18N2O/c1-3-4-5-12(15)14-11-7-6-9(2)8-10(11)13/h6-8H,3-5,13H2,1-2H3,(H,14,15). The molecule has 0 atom stereocenters. The highest BCUT2D eigenvalue weighted by Gasteiger charge is 2.04. The van der Waals surface area contributed by atoms with Gasteiger partial charge in [0.15, 0.2) is 0 Å². The molecule has 0 bridgehead atoms. The fourth-order valence-corrected chi connectivity index (χ4v) is 1.35. The fraction of sp³-hybridized carbons (Fsp3) is 0.417. The zero-order valence-corrected chi connectivity index (χ0v) is 9.34. The normalized spacial score (nSPS) is 10.0. The van der Waals surface area contributed by atoms with Crippen LogP contribution in [0.15, 0.2) is 18.2 Å². The predicted octanol–water partition coefficient (Wildman–Crippen LogP) is 2.71. The lowest BCUT2D eigenvalue weighted by atomic mass is 10.2. The van der Waals surface area contributed by atoms with Crippen molar-refractivity contribution in [1.82, 2.24) is 0 Å². The number of nitrogens with one attached hydrogen (secondary N) is 1. The van der Waals surface area contributed by atoms with E-state index in [2.05, 4.69) is 12.2 Å². The molecule has 0 saturated carbocycles. The molecule has 3 nitrogen and oxygen atoms in total. The number of nitrogens with two attached hydrogens (primary N) is 1. The van der Waals surface area contributed by atoms with Gasteiger partial charge in [0.25, 0.3) is 0 Å². The summed E-state index contributed by atoms with van der Waals surface area (Å²) in [5.41, 5.74) is 8.21. The highest BCUT2D eigenvalue weighted by Crippen LogP contribution is 2.19. The van der Waals surface area contributed by atoms with E-state index in [1.807, 2.05) is 25.1 Å². The second-order valence-electron chi connectivity index (χ2n) is 3.74. The molecule has 0 saturated heterocycles. The van der Waals surface area contributed by atoms with Crippen LogP contribution in [0.2, 0.25) is 0 Å². The van der Waals surface area contributed by atoms with Gasteiger partial charge in [-0.15, -0.1) is 0 Å². The lowest BCUT2D eigenvalue weighted by molar-refractivity contribution is -0.116. The molecule has 1 rings (SSSR count). The molecular formula is C12H18N2O. The average molecular weight is 206 g/mol. The third kappa shape index (κ3) is 3.62. The molecule has 3 heteroatoms. The Bertz CT molecular complexity index is 347. The first-order valence-electron chi connectivity index (χ1n) is 5.29. The minimum absolute atomic E-state index is 0.0346. The van der Waals surface area contributed by atoms with Crippen molar-refractivity contribution in [3.63, 3.8) is 0 Å². The first-order chi connectivity index (χ1) is 7.13. The lowest BCUT2D eigenvalue weighted by Crippen LogP contribution is -2.12. The Hall–Kier alpha value is -1.51. The first-order valence-corrected chi connectivity index (χ1v) is 5.29. The molecular weight excluding hydrogens is 188 g/mol. The van der Waals surface area contributed by atoms with E-state index in [-0.39, 0.29) is 5.91 Å². The third-order valence-corrected chi connectivity index (χ3v) is 2.24. The monoisotopic (exact) mass is 206 g/mol. The number of amides is 1. The Balaban J connectivity index is 2.60. The van der Waals surface area contributed by atoms with Crippen molar-refractivity contribution in [3.05, 3.63) is 23.8 Å². The van der Waals surface area contributed by atoms with Crippen molar-refractivity contribution in [3.8, 4) is 0 Å². The van der Waals surface area contributed by atoms with Crippen LogP contribution in [0.5, 0.6) is 0 Å². The van der Waals surface area contributed by atoms with E-state index in [1.54, 1.807) is 0 Å². The van der Waals surface area contributed by atoms with Gasteiger partial charge in [-0.05, 0) is 31.0 Å². The quantitative estimate of drug-likeness (QED) is 0.744. The molecule has 0 spiro atoms. The van der Waals surface area contributed by atoms with Gasteiger partial charge in [-0.3, -0.25) is 4.79 Å². The molecule has 0 aliphatic rings. The van der Waals surface area contributed by atoms with Crippen LogP contribution in [0.25, 0.3) is 0 Å². The van der Waals surface area contributed by atoms with Crippen LogP contribution < -0.4 is 11.1 Å². The largest absolute Gasteiger partial charge is 0.397 e. The molecule has 3 N–H and O–H groups in total. The molecule has 0 unspecified atom stereocenters.